The van der Waals surface area contributed by atoms with Crippen molar-refractivity contribution < 1.29 is 32.3 Å². The number of carbonyl (C=O) groups excluding carboxylic acids is 3. The van der Waals surface area contributed by atoms with E-state index in [0.29, 0.717) is 16.8 Å². The highest BCUT2D eigenvalue weighted by atomic mass is 19.4. The van der Waals surface area contributed by atoms with Gasteiger partial charge in [-0.25, -0.2) is 4.79 Å². The molecule has 8 nitrogen and oxygen atoms in total. The summed E-state index contributed by atoms with van der Waals surface area (Å²) in [5.74, 6) is -0.851. The van der Waals surface area contributed by atoms with Crippen molar-refractivity contribution in [1.29, 1.82) is 5.26 Å². The maximum absolute atomic E-state index is 13.8. The summed E-state index contributed by atoms with van der Waals surface area (Å²) >= 11 is 0. The van der Waals surface area contributed by atoms with Crippen LogP contribution in [-0.4, -0.2) is 58.5 Å². The summed E-state index contributed by atoms with van der Waals surface area (Å²) in [5, 5.41) is 9.06. The largest absolute Gasteiger partial charge is 0.444 e. The summed E-state index contributed by atoms with van der Waals surface area (Å²) in [4.78, 5) is 43.7. The monoisotopic (exact) mass is 514 g/mol. The maximum Gasteiger partial charge on any atom is 0.416 e. The zero-order valence-electron chi connectivity index (χ0n) is 20.5. The van der Waals surface area contributed by atoms with Crippen LogP contribution in [0.15, 0.2) is 48.5 Å². The van der Waals surface area contributed by atoms with E-state index in [2.05, 4.69) is 0 Å². The van der Waals surface area contributed by atoms with Crippen LogP contribution in [0.4, 0.5) is 23.7 Å². The fourth-order valence-electron chi connectivity index (χ4n) is 4.39. The molecule has 2 aromatic rings. The molecule has 0 atom stereocenters. The number of nitrogens with zero attached hydrogens (tertiary/aromatic N) is 4. The fraction of sp³-hybridized carbons (Fsp3) is 0.385. The molecule has 0 N–H and O–H groups in total. The van der Waals surface area contributed by atoms with Crippen molar-refractivity contribution in [3.63, 3.8) is 0 Å². The summed E-state index contributed by atoms with van der Waals surface area (Å²) in [5.41, 5.74) is -1.78. The van der Waals surface area contributed by atoms with E-state index in [4.69, 9.17) is 10.00 Å². The first kappa shape index (κ1) is 26.0. The molecule has 4 rings (SSSR count). The number of benzene rings is 2. The molecule has 11 heteroatoms. The van der Waals surface area contributed by atoms with Gasteiger partial charge in [0.15, 0.2) is 5.54 Å². The molecule has 0 aliphatic carbocycles. The lowest BCUT2D eigenvalue weighted by Gasteiger charge is -2.57. The number of carbonyl (C=O) groups is 3. The summed E-state index contributed by atoms with van der Waals surface area (Å²) in [6.45, 7) is 4.48. The fourth-order valence-corrected chi connectivity index (χ4v) is 4.39. The van der Waals surface area contributed by atoms with E-state index in [-0.39, 0.29) is 26.2 Å². The second-order valence-corrected chi connectivity index (χ2v) is 10.1. The standard InChI is InChI=1S/C26H25F3N4O4/c1-24(2,3)37-23(36)31-15-25(16-31)22(35)32(20-10-6-17(12-30)7-11-20)14-21(34)33(25)13-18-4-8-19(9-5-18)26(27,28)29/h4-11H,13-16H2,1-3H3. The highest BCUT2D eigenvalue weighted by Crippen LogP contribution is 2.38. The lowest BCUT2D eigenvalue weighted by Crippen LogP contribution is -2.81. The Labute approximate surface area is 211 Å². The van der Waals surface area contributed by atoms with Gasteiger partial charge in [-0.3, -0.25) is 9.59 Å². The van der Waals surface area contributed by atoms with Crippen LogP contribution >= 0.6 is 0 Å². The van der Waals surface area contributed by atoms with E-state index in [1.54, 1.807) is 32.9 Å². The predicted octanol–water partition coefficient (Wildman–Crippen LogP) is 3.94. The van der Waals surface area contributed by atoms with E-state index in [9.17, 15) is 27.6 Å². The molecule has 0 radical (unpaired) electrons. The van der Waals surface area contributed by atoms with Gasteiger partial charge in [0, 0.05) is 12.2 Å². The van der Waals surface area contributed by atoms with Crippen LogP contribution in [0.1, 0.15) is 37.5 Å². The van der Waals surface area contributed by atoms with Crippen molar-refractivity contribution in [1.82, 2.24) is 9.80 Å². The first-order valence-corrected chi connectivity index (χ1v) is 11.5. The van der Waals surface area contributed by atoms with Gasteiger partial charge in [-0.15, -0.1) is 0 Å². The van der Waals surface area contributed by atoms with Crippen molar-refractivity contribution >= 4 is 23.6 Å². The second-order valence-electron chi connectivity index (χ2n) is 10.1. The molecular weight excluding hydrogens is 489 g/mol. The Morgan fingerprint density at radius 1 is 1.03 bits per heavy atom. The van der Waals surface area contributed by atoms with E-state index in [0.717, 1.165) is 12.1 Å². The minimum Gasteiger partial charge on any atom is -0.444 e. The molecule has 37 heavy (non-hydrogen) atoms. The van der Waals surface area contributed by atoms with Gasteiger partial charge in [-0.1, -0.05) is 12.1 Å². The highest BCUT2D eigenvalue weighted by molar-refractivity contribution is 6.10. The number of anilines is 1. The van der Waals surface area contributed by atoms with Gasteiger partial charge in [0.1, 0.15) is 12.1 Å². The topological polar surface area (TPSA) is 94.0 Å². The molecular formula is C26H25F3N4O4. The van der Waals surface area contributed by atoms with Crippen LogP contribution < -0.4 is 4.90 Å². The number of halogens is 3. The predicted molar refractivity (Wildman–Crippen MR) is 126 cm³/mol. The second kappa shape index (κ2) is 9.10. The number of ether oxygens (including phenoxy) is 1. The Bertz CT molecular complexity index is 1260. The molecule has 2 fully saturated rings. The van der Waals surface area contributed by atoms with Gasteiger partial charge in [0.25, 0.3) is 5.91 Å². The molecule has 2 heterocycles. The number of hydrogen-bond donors (Lipinski definition) is 0. The molecule has 0 bridgehead atoms. The average Bonchev–Trinajstić information content (AvgIpc) is 2.79. The lowest BCUT2D eigenvalue weighted by molar-refractivity contribution is -0.163. The van der Waals surface area contributed by atoms with Gasteiger partial charge >= 0.3 is 12.3 Å². The summed E-state index contributed by atoms with van der Waals surface area (Å²) in [6.07, 6.45) is -5.14. The van der Waals surface area contributed by atoms with Crippen molar-refractivity contribution in [3.05, 3.63) is 65.2 Å². The molecule has 2 saturated heterocycles. The molecule has 2 aliphatic rings. The van der Waals surface area contributed by atoms with Crippen LogP contribution in [-0.2, 0) is 27.0 Å². The Morgan fingerprint density at radius 3 is 2.14 bits per heavy atom. The molecule has 194 valence electrons. The van der Waals surface area contributed by atoms with Crippen LogP contribution in [0.25, 0.3) is 0 Å². The number of alkyl halides is 3. The molecule has 1 spiro atoms. The number of amides is 3. The molecule has 0 unspecified atom stereocenters. The van der Waals surface area contributed by atoms with Gasteiger partial charge in [-0.05, 0) is 62.7 Å². The third-order valence-corrected chi connectivity index (χ3v) is 6.24. The highest BCUT2D eigenvalue weighted by Gasteiger charge is 2.61. The van der Waals surface area contributed by atoms with E-state index < -0.39 is 40.8 Å². The van der Waals surface area contributed by atoms with E-state index in [1.807, 2.05) is 6.07 Å². The number of likely N-dealkylation sites (tertiary alicyclic amines) is 1. The third kappa shape index (κ3) is 5.09. The van der Waals surface area contributed by atoms with Gasteiger partial charge in [-0.2, -0.15) is 18.4 Å². The molecule has 3 amide bonds. The Hall–Kier alpha value is -4.07. The summed E-state index contributed by atoms with van der Waals surface area (Å²) in [6, 6.07) is 12.6. The smallest absolute Gasteiger partial charge is 0.416 e. The first-order valence-electron chi connectivity index (χ1n) is 11.5. The van der Waals surface area contributed by atoms with E-state index in [1.165, 1.54) is 39.0 Å². The molecule has 0 aromatic heterocycles. The Balaban J connectivity index is 1.64. The molecule has 0 saturated carbocycles. The number of hydrogen-bond acceptors (Lipinski definition) is 5. The number of piperazine rings is 1. The van der Waals surface area contributed by atoms with Gasteiger partial charge < -0.3 is 19.4 Å². The quantitative estimate of drug-likeness (QED) is 0.619. The van der Waals surface area contributed by atoms with Crippen LogP contribution in [0.3, 0.4) is 0 Å². The first-order chi connectivity index (χ1) is 17.2. The molecule has 2 aliphatic heterocycles. The molecule has 2 aromatic carbocycles. The third-order valence-electron chi connectivity index (χ3n) is 6.24. The van der Waals surface area contributed by atoms with Gasteiger partial charge in [0.2, 0.25) is 5.91 Å². The maximum atomic E-state index is 13.8. The number of rotatable bonds is 3. The zero-order chi connectivity index (χ0) is 27.2. The Kier molecular flexibility index (Phi) is 6.40. The average molecular weight is 515 g/mol. The van der Waals surface area contributed by atoms with E-state index >= 15 is 0 Å². The summed E-state index contributed by atoms with van der Waals surface area (Å²) < 4.78 is 44.3. The van der Waals surface area contributed by atoms with Crippen molar-refractivity contribution in [2.45, 2.75) is 44.6 Å². The van der Waals surface area contributed by atoms with Crippen molar-refractivity contribution in [3.8, 4) is 6.07 Å². The summed E-state index contributed by atoms with van der Waals surface area (Å²) in [7, 11) is 0. The van der Waals surface area contributed by atoms with Crippen molar-refractivity contribution in [2.75, 3.05) is 24.5 Å². The number of nitriles is 1. The lowest BCUT2D eigenvalue weighted by atomic mass is 9.83. The van der Waals surface area contributed by atoms with Crippen molar-refractivity contribution in [2.24, 2.45) is 0 Å². The zero-order valence-corrected chi connectivity index (χ0v) is 20.5. The van der Waals surface area contributed by atoms with Crippen LogP contribution in [0, 0.1) is 11.3 Å². The SMILES string of the molecule is CC(C)(C)OC(=O)N1CC2(C1)C(=O)N(c1ccc(C#N)cc1)CC(=O)N2Cc1ccc(C(F)(F)F)cc1. The van der Waals surface area contributed by atoms with Gasteiger partial charge in [0.05, 0.1) is 30.3 Å². The minimum atomic E-state index is -4.50. The van der Waals surface area contributed by atoms with Crippen LogP contribution in [0.2, 0.25) is 0 Å². The van der Waals surface area contributed by atoms with Crippen LogP contribution in [0.5, 0.6) is 0 Å². The normalized spacial score (nSPS) is 17.5. The minimum absolute atomic E-state index is 0.105. The Morgan fingerprint density at radius 2 is 1.62 bits per heavy atom.